The van der Waals surface area contributed by atoms with Crippen molar-refractivity contribution in [3.8, 4) is 12.3 Å². The molecular formula is C10H14O3. The first-order chi connectivity index (χ1) is 6.20. The SMILES string of the molecule is C#CCCCCC(=O)CC(=O)OC. The minimum Gasteiger partial charge on any atom is -0.469 e. The zero-order valence-corrected chi connectivity index (χ0v) is 7.84. The van der Waals surface area contributed by atoms with Gasteiger partial charge in [-0.2, -0.15) is 0 Å². The van der Waals surface area contributed by atoms with Crippen molar-refractivity contribution in [3.63, 3.8) is 0 Å². The van der Waals surface area contributed by atoms with Gasteiger partial charge in [0, 0.05) is 12.8 Å². The quantitative estimate of drug-likeness (QED) is 0.269. The fraction of sp³-hybridized carbons (Fsp3) is 0.600. The first kappa shape index (κ1) is 11.7. The van der Waals surface area contributed by atoms with Crippen LogP contribution >= 0.6 is 0 Å². The number of carbonyl (C=O) groups is 2. The Hall–Kier alpha value is -1.30. The van der Waals surface area contributed by atoms with Crippen LogP contribution in [0.2, 0.25) is 0 Å². The maximum atomic E-state index is 11.0. The maximum Gasteiger partial charge on any atom is 0.313 e. The van der Waals surface area contributed by atoms with Crippen molar-refractivity contribution in [1.29, 1.82) is 0 Å². The van der Waals surface area contributed by atoms with Crippen LogP contribution in [0.3, 0.4) is 0 Å². The third kappa shape index (κ3) is 7.07. The van der Waals surface area contributed by atoms with Crippen molar-refractivity contribution < 1.29 is 14.3 Å². The second-order valence-corrected chi connectivity index (χ2v) is 2.70. The van der Waals surface area contributed by atoms with E-state index >= 15 is 0 Å². The summed E-state index contributed by atoms with van der Waals surface area (Å²) in [6, 6.07) is 0. The summed E-state index contributed by atoms with van der Waals surface area (Å²) in [5.41, 5.74) is 0. The van der Waals surface area contributed by atoms with Crippen molar-refractivity contribution in [2.75, 3.05) is 7.11 Å². The van der Waals surface area contributed by atoms with Gasteiger partial charge in [-0.3, -0.25) is 9.59 Å². The van der Waals surface area contributed by atoms with E-state index in [0.29, 0.717) is 12.8 Å². The molecule has 0 atom stereocenters. The van der Waals surface area contributed by atoms with E-state index < -0.39 is 5.97 Å². The van der Waals surface area contributed by atoms with E-state index in [4.69, 9.17) is 6.42 Å². The molecule has 0 aromatic carbocycles. The molecule has 0 rings (SSSR count). The number of unbranched alkanes of at least 4 members (excludes halogenated alkanes) is 2. The minimum atomic E-state index is -0.470. The summed E-state index contributed by atoms with van der Waals surface area (Å²) in [5, 5.41) is 0. The standard InChI is InChI=1S/C10H14O3/c1-3-4-5-6-7-9(11)8-10(12)13-2/h1H,4-8H2,2H3. The fourth-order valence-electron chi connectivity index (χ4n) is 0.871. The van der Waals surface area contributed by atoms with E-state index in [1.54, 1.807) is 0 Å². The highest BCUT2D eigenvalue weighted by atomic mass is 16.5. The third-order valence-electron chi connectivity index (χ3n) is 1.60. The molecule has 0 aliphatic heterocycles. The average Bonchev–Trinajstić information content (AvgIpc) is 2.12. The van der Waals surface area contributed by atoms with Crippen LogP contribution in [0.15, 0.2) is 0 Å². The first-order valence-corrected chi connectivity index (χ1v) is 4.22. The first-order valence-electron chi connectivity index (χ1n) is 4.22. The number of terminal acetylenes is 1. The van der Waals surface area contributed by atoms with Crippen LogP contribution < -0.4 is 0 Å². The lowest BCUT2D eigenvalue weighted by Crippen LogP contribution is -2.08. The average molecular weight is 182 g/mol. The molecule has 72 valence electrons. The zero-order chi connectivity index (χ0) is 10.1. The molecule has 13 heavy (non-hydrogen) atoms. The maximum absolute atomic E-state index is 11.0. The van der Waals surface area contributed by atoms with Gasteiger partial charge in [0.05, 0.1) is 7.11 Å². The summed E-state index contributed by atoms with van der Waals surface area (Å²) < 4.78 is 4.36. The Labute approximate surface area is 78.5 Å². The van der Waals surface area contributed by atoms with Crippen LogP contribution in [0.4, 0.5) is 0 Å². The van der Waals surface area contributed by atoms with E-state index in [2.05, 4.69) is 10.7 Å². The predicted octanol–water partition coefficient (Wildman–Crippen LogP) is 1.31. The molecule has 3 nitrogen and oxygen atoms in total. The molecule has 3 heteroatoms. The Kier molecular flexibility index (Phi) is 6.62. The van der Waals surface area contributed by atoms with Gasteiger partial charge in [0.2, 0.25) is 0 Å². The number of Topliss-reactive ketones (excluding diaryl/α,β-unsaturated/α-hetero) is 1. The van der Waals surface area contributed by atoms with Gasteiger partial charge >= 0.3 is 5.97 Å². The lowest BCUT2D eigenvalue weighted by molar-refractivity contribution is -0.143. The molecule has 0 saturated heterocycles. The number of hydrogen-bond acceptors (Lipinski definition) is 3. The Bertz CT molecular complexity index is 213. The Morgan fingerprint density at radius 1 is 1.38 bits per heavy atom. The number of methoxy groups -OCH3 is 1. The molecular weight excluding hydrogens is 168 g/mol. The summed E-state index contributed by atoms with van der Waals surface area (Å²) in [7, 11) is 1.27. The monoisotopic (exact) mass is 182 g/mol. The lowest BCUT2D eigenvalue weighted by atomic mass is 10.1. The number of ketones is 1. The van der Waals surface area contributed by atoms with E-state index in [-0.39, 0.29) is 12.2 Å². The molecule has 0 saturated carbocycles. The summed E-state index contributed by atoms with van der Waals surface area (Å²) >= 11 is 0. The Morgan fingerprint density at radius 2 is 2.08 bits per heavy atom. The summed E-state index contributed by atoms with van der Waals surface area (Å²) in [5.74, 6) is 1.94. The van der Waals surface area contributed by atoms with Gasteiger partial charge in [0.25, 0.3) is 0 Å². The second-order valence-electron chi connectivity index (χ2n) is 2.70. The van der Waals surface area contributed by atoms with Gasteiger partial charge in [-0.05, 0) is 12.8 Å². The van der Waals surface area contributed by atoms with Crippen LogP contribution in [0, 0.1) is 12.3 Å². The van der Waals surface area contributed by atoms with Crippen LogP contribution in [-0.2, 0) is 14.3 Å². The third-order valence-corrected chi connectivity index (χ3v) is 1.60. The van der Waals surface area contributed by atoms with Gasteiger partial charge in [-0.1, -0.05) is 0 Å². The minimum absolute atomic E-state index is 0.0797. The molecule has 0 N–H and O–H groups in total. The molecule has 0 fully saturated rings. The zero-order valence-electron chi connectivity index (χ0n) is 7.84. The molecule has 0 unspecified atom stereocenters. The number of hydrogen-bond donors (Lipinski definition) is 0. The van der Waals surface area contributed by atoms with Crippen molar-refractivity contribution in [3.05, 3.63) is 0 Å². The lowest BCUT2D eigenvalue weighted by Gasteiger charge is -1.98. The second kappa shape index (κ2) is 7.35. The van der Waals surface area contributed by atoms with Gasteiger partial charge < -0.3 is 4.74 Å². The fourth-order valence-corrected chi connectivity index (χ4v) is 0.871. The smallest absolute Gasteiger partial charge is 0.313 e. The molecule has 0 bridgehead atoms. The number of carbonyl (C=O) groups excluding carboxylic acids is 2. The number of esters is 1. The summed E-state index contributed by atoms with van der Waals surface area (Å²) in [4.78, 5) is 21.7. The van der Waals surface area contributed by atoms with Gasteiger partial charge in [-0.15, -0.1) is 12.3 Å². The molecule has 0 aromatic rings. The van der Waals surface area contributed by atoms with E-state index in [1.807, 2.05) is 0 Å². The van der Waals surface area contributed by atoms with Gasteiger partial charge in [-0.25, -0.2) is 0 Å². The predicted molar refractivity (Wildman–Crippen MR) is 48.9 cm³/mol. The van der Waals surface area contributed by atoms with Gasteiger partial charge in [0.15, 0.2) is 0 Å². The largest absolute Gasteiger partial charge is 0.469 e. The van der Waals surface area contributed by atoms with Crippen molar-refractivity contribution in [1.82, 2.24) is 0 Å². The highest BCUT2D eigenvalue weighted by Gasteiger charge is 2.08. The van der Waals surface area contributed by atoms with Crippen LogP contribution in [0.5, 0.6) is 0 Å². The van der Waals surface area contributed by atoms with E-state index in [0.717, 1.165) is 12.8 Å². The van der Waals surface area contributed by atoms with Crippen molar-refractivity contribution in [2.45, 2.75) is 32.1 Å². The molecule has 0 aliphatic rings. The van der Waals surface area contributed by atoms with E-state index in [1.165, 1.54) is 7.11 Å². The Morgan fingerprint density at radius 3 is 2.62 bits per heavy atom. The summed E-state index contributed by atoms with van der Waals surface area (Å²) in [6.07, 6.45) is 7.61. The van der Waals surface area contributed by atoms with Crippen LogP contribution in [0.25, 0.3) is 0 Å². The molecule has 0 amide bonds. The van der Waals surface area contributed by atoms with E-state index in [9.17, 15) is 9.59 Å². The highest BCUT2D eigenvalue weighted by Crippen LogP contribution is 2.02. The number of rotatable bonds is 6. The molecule has 0 aromatic heterocycles. The van der Waals surface area contributed by atoms with Gasteiger partial charge in [0.1, 0.15) is 12.2 Å². The summed E-state index contributed by atoms with van der Waals surface area (Å²) in [6.45, 7) is 0. The van der Waals surface area contributed by atoms with Crippen molar-refractivity contribution in [2.24, 2.45) is 0 Å². The Balaban J connectivity index is 3.42. The molecule has 0 radical (unpaired) electrons. The highest BCUT2D eigenvalue weighted by molar-refractivity contribution is 5.95. The molecule has 0 heterocycles. The van der Waals surface area contributed by atoms with Crippen LogP contribution in [0.1, 0.15) is 32.1 Å². The van der Waals surface area contributed by atoms with Crippen molar-refractivity contribution >= 4 is 11.8 Å². The molecule has 0 spiro atoms. The topological polar surface area (TPSA) is 43.4 Å². The number of ether oxygens (including phenoxy) is 1. The molecule has 0 aliphatic carbocycles. The van der Waals surface area contributed by atoms with Crippen LogP contribution in [-0.4, -0.2) is 18.9 Å². The normalized spacial score (nSPS) is 8.92.